The van der Waals surface area contributed by atoms with Crippen molar-refractivity contribution >= 4 is 34.5 Å². The molecule has 1 aliphatic heterocycles. The summed E-state index contributed by atoms with van der Waals surface area (Å²) in [7, 11) is -0.487. The molecule has 1 aromatic heterocycles. The molecule has 2 heterocycles. The van der Waals surface area contributed by atoms with Crippen molar-refractivity contribution < 1.29 is 13.7 Å². The second kappa shape index (κ2) is 5.37. The van der Waals surface area contributed by atoms with Gasteiger partial charge in [0, 0.05) is 10.8 Å². The first-order valence-electron chi connectivity index (χ1n) is 9.31. The topological polar surface area (TPSA) is 31.6 Å². The fourth-order valence-electron chi connectivity index (χ4n) is 3.57. The van der Waals surface area contributed by atoms with E-state index in [0.717, 1.165) is 22.0 Å². The van der Waals surface area contributed by atoms with Gasteiger partial charge in [0.1, 0.15) is 11.2 Å². The second-order valence-electron chi connectivity index (χ2n) is 9.38. The second-order valence-corrected chi connectivity index (χ2v) is 9.38. The van der Waals surface area contributed by atoms with E-state index in [1.165, 1.54) is 10.9 Å². The summed E-state index contributed by atoms with van der Waals surface area (Å²) in [5, 5.41) is 3.46. The number of benzene rings is 2. The molecule has 4 rings (SSSR count). The lowest BCUT2D eigenvalue weighted by molar-refractivity contribution is 0.00578. The lowest BCUT2D eigenvalue weighted by Gasteiger charge is -2.32. The molecule has 0 saturated carbocycles. The molecule has 4 heteroatoms. The fourth-order valence-corrected chi connectivity index (χ4v) is 3.57. The quantitative estimate of drug-likeness (QED) is 0.567. The molecule has 136 valence electrons. The lowest BCUT2D eigenvalue weighted by Crippen LogP contribution is -2.41. The predicted molar refractivity (Wildman–Crippen MR) is 108 cm³/mol. The number of rotatable bonds is 1. The Hall–Kier alpha value is -1.78. The summed E-state index contributed by atoms with van der Waals surface area (Å²) in [5.74, 6) is 0. The summed E-state index contributed by atoms with van der Waals surface area (Å²) in [5.41, 5.74) is 2.17. The Bertz CT molecular complexity index is 976. The van der Waals surface area contributed by atoms with Gasteiger partial charge in [-0.05, 0) is 56.2 Å². The van der Waals surface area contributed by atoms with Crippen LogP contribution in [0.1, 0.15) is 54.0 Å². The van der Waals surface area contributed by atoms with Crippen molar-refractivity contribution in [2.24, 2.45) is 0 Å². The Morgan fingerprint density at radius 1 is 0.846 bits per heavy atom. The molecule has 0 radical (unpaired) electrons. The highest BCUT2D eigenvalue weighted by Crippen LogP contribution is 2.39. The van der Waals surface area contributed by atoms with Gasteiger partial charge in [0.2, 0.25) is 0 Å². The summed E-state index contributed by atoms with van der Waals surface area (Å²) in [6.45, 7) is 14.9. The average Bonchev–Trinajstić information content (AvgIpc) is 3.05. The van der Waals surface area contributed by atoms with Crippen LogP contribution in [0.25, 0.3) is 21.7 Å². The van der Waals surface area contributed by atoms with Crippen molar-refractivity contribution in [1.29, 1.82) is 0 Å². The van der Waals surface area contributed by atoms with E-state index >= 15 is 0 Å². The molecule has 2 aromatic carbocycles. The molecule has 0 aliphatic carbocycles. The molecule has 1 saturated heterocycles. The van der Waals surface area contributed by atoms with Crippen LogP contribution in [0.15, 0.2) is 40.8 Å². The van der Waals surface area contributed by atoms with Crippen LogP contribution < -0.4 is 5.66 Å². The lowest BCUT2D eigenvalue weighted by atomic mass is 9.82. The van der Waals surface area contributed by atoms with E-state index in [9.17, 15) is 0 Å². The zero-order chi connectivity index (χ0) is 18.9. The highest BCUT2D eigenvalue weighted by Gasteiger charge is 2.53. The Morgan fingerprint density at radius 3 is 2.08 bits per heavy atom. The Balaban J connectivity index is 1.94. The SMILES string of the molecule is CC(C)(C)c1cc2ccccc2c2oc(B3OC(C)(C)C(C)(C)O3)cc12. The fraction of sp³-hybridized carbons (Fsp3) is 0.455. The van der Waals surface area contributed by atoms with E-state index in [4.69, 9.17) is 13.7 Å². The highest BCUT2D eigenvalue weighted by atomic mass is 16.7. The molecule has 3 nitrogen and oxygen atoms in total. The van der Waals surface area contributed by atoms with E-state index < -0.39 is 7.12 Å². The number of furan rings is 1. The molecule has 0 bridgehead atoms. The highest BCUT2D eigenvalue weighted by molar-refractivity contribution is 6.61. The molecule has 3 aromatic rings. The van der Waals surface area contributed by atoms with E-state index in [0.29, 0.717) is 0 Å². The van der Waals surface area contributed by atoms with Gasteiger partial charge < -0.3 is 13.7 Å². The van der Waals surface area contributed by atoms with E-state index in [1.807, 2.05) is 0 Å². The molecule has 0 unspecified atom stereocenters. The third-order valence-corrected chi connectivity index (χ3v) is 5.84. The first kappa shape index (κ1) is 17.6. The maximum atomic E-state index is 6.34. The molecule has 1 aliphatic rings. The van der Waals surface area contributed by atoms with Gasteiger partial charge in [-0.1, -0.05) is 45.0 Å². The normalized spacial score (nSPS) is 19.6. The minimum absolute atomic E-state index is 0.0133. The van der Waals surface area contributed by atoms with Crippen molar-refractivity contribution in [2.45, 2.75) is 65.1 Å². The van der Waals surface area contributed by atoms with Gasteiger partial charge in [-0.3, -0.25) is 0 Å². The van der Waals surface area contributed by atoms with Gasteiger partial charge in [0.25, 0.3) is 0 Å². The molecule has 0 atom stereocenters. The number of hydrogen-bond acceptors (Lipinski definition) is 3. The minimum Gasteiger partial charge on any atom is -0.464 e. The van der Waals surface area contributed by atoms with Gasteiger partial charge in [-0.15, -0.1) is 0 Å². The van der Waals surface area contributed by atoms with Gasteiger partial charge in [-0.2, -0.15) is 0 Å². The van der Waals surface area contributed by atoms with Crippen LogP contribution in [0.5, 0.6) is 0 Å². The van der Waals surface area contributed by atoms with Gasteiger partial charge in [0.05, 0.1) is 11.2 Å². The number of fused-ring (bicyclic) bond motifs is 3. The first-order valence-corrected chi connectivity index (χ1v) is 9.31. The maximum absolute atomic E-state index is 6.34. The minimum atomic E-state index is -0.487. The summed E-state index contributed by atoms with van der Waals surface area (Å²) in [4.78, 5) is 0. The van der Waals surface area contributed by atoms with Gasteiger partial charge >= 0.3 is 7.12 Å². The smallest absolute Gasteiger partial charge is 0.464 e. The van der Waals surface area contributed by atoms with Crippen LogP contribution in [0.2, 0.25) is 0 Å². The number of hydrogen-bond donors (Lipinski definition) is 0. The van der Waals surface area contributed by atoms with Crippen molar-refractivity contribution in [2.75, 3.05) is 0 Å². The van der Waals surface area contributed by atoms with Crippen molar-refractivity contribution in [3.63, 3.8) is 0 Å². The first-order chi connectivity index (χ1) is 12.0. The monoisotopic (exact) mass is 350 g/mol. The molecule has 1 fully saturated rings. The molecule has 0 N–H and O–H groups in total. The van der Waals surface area contributed by atoms with Crippen LogP contribution in [0.3, 0.4) is 0 Å². The molecule has 26 heavy (non-hydrogen) atoms. The van der Waals surface area contributed by atoms with E-state index in [-0.39, 0.29) is 16.6 Å². The summed E-state index contributed by atoms with van der Waals surface area (Å²) in [6.07, 6.45) is 0. The summed E-state index contributed by atoms with van der Waals surface area (Å²) >= 11 is 0. The van der Waals surface area contributed by atoms with Crippen molar-refractivity contribution in [1.82, 2.24) is 0 Å². The van der Waals surface area contributed by atoms with Crippen LogP contribution in [-0.2, 0) is 14.7 Å². The zero-order valence-corrected chi connectivity index (χ0v) is 16.8. The van der Waals surface area contributed by atoms with Crippen LogP contribution >= 0.6 is 0 Å². The Kier molecular flexibility index (Phi) is 3.64. The predicted octanol–water partition coefficient (Wildman–Crippen LogP) is 5.18. The van der Waals surface area contributed by atoms with Crippen molar-refractivity contribution in [3.05, 3.63) is 42.0 Å². The molecule has 0 spiro atoms. The van der Waals surface area contributed by atoms with Gasteiger partial charge in [-0.25, -0.2) is 0 Å². The van der Waals surface area contributed by atoms with E-state index in [2.05, 4.69) is 84.9 Å². The summed E-state index contributed by atoms with van der Waals surface area (Å²) in [6, 6.07) is 12.8. The van der Waals surface area contributed by atoms with E-state index in [1.54, 1.807) is 0 Å². The maximum Gasteiger partial charge on any atom is 0.532 e. The summed E-state index contributed by atoms with van der Waals surface area (Å²) < 4.78 is 18.7. The zero-order valence-electron chi connectivity index (χ0n) is 16.8. The third-order valence-electron chi connectivity index (χ3n) is 5.84. The van der Waals surface area contributed by atoms with Crippen LogP contribution in [0, 0.1) is 0 Å². The van der Waals surface area contributed by atoms with Crippen LogP contribution in [-0.4, -0.2) is 18.3 Å². The molecular weight excluding hydrogens is 323 g/mol. The van der Waals surface area contributed by atoms with Gasteiger partial charge in [0.15, 0.2) is 0 Å². The van der Waals surface area contributed by atoms with Crippen LogP contribution in [0.4, 0.5) is 0 Å². The average molecular weight is 350 g/mol. The third kappa shape index (κ3) is 2.59. The Morgan fingerprint density at radius 2 is 1.46 bits per heavy atom. The molecule has 0 amide bonds. The van der Waals surface area contributed by atoms with Crippen molar-refractivity contribution in [3.8, 4) is 0 Å². The molecular formula is C22H27BO3. The Labute approximate surface area is 155 Å². The standard InChI is InChI=1S/C22H27BO3/c1-20(2,3)17-12-14-10-8-9-11-15(14)19-16(17)13-18(24-19)23-25-21(4,5)22(6,7)26-23/h8-13H,1-7H3. The largest absolute Gasteiger partial charge is 0.532 e.